The second-order valence-electron chi connectivity index (χ2n) is 4.12. The summed E-state index contributed by atoms with van der Waals surface area (Å²) in [5.41, 5.74) is 1.57. The van der Waals surface area contributed by atoms with Crippen LogP contribution in [0.4, 0.5) is 0 Å². The SMILES string of the molecule is Cc1ccccc1P(=O)([O-])c1ccccc1C. The minimum absolute atomic E-state index is 0.411. The van der Waals surface area contributed by atoms with Crippen LogP contribution >= 0.6 is 7.37 Å². The molecule has 2 aromatic carbocycles. The zero-order valence-corrected chi connectivity index (χ0v) is 10.8. The Hall–Kier alpha value is -1.37. The molecule has 0 unspecified atom stereocenters. The van der Waals surface area contributed by atoms with E-state index in [4.69, 9.17) is 0 Å². The molecule has 2 rings (SSSR count). The monoisotopic (exact) mass is 245 g/mol. The van der Waals surface area contributed by atoms with Crippen molar-refractivity contribution in [2.45, 2.75) is 13.8 Å². The molecule has 0 aliphatic heterocycles. The number of aryl methyl sites for hydroxylation is 2. The molecule has 2 aromatic rings. The first kappa shape index (κ1) is 12.1. The molecule has 0 aliphatic rings. The fourth-order valence-electron chi connectivity index (χ4n) is 1.92. The molecule has 0 heterocycles. The molecule has 0 saturated heterocycles. The maximum absolute atomic E-state index is 12.5. The maximum Gasteiger partial charge on any atom is 0.0725 e. The second-order valence-corrected chi connectivity index (χ2v) is 6.19. The zero-order valence-electron chi connectivity index (χ0n) is 9.88. The predicted octanol–water partition coefficient (Wildman–Crippen LogP) is 1.89. The topological polar surface area (TPSA) is 40.1 Å². The van der Waals surface area contributed by atoms with Gasteiger partial charge in [0.2, 0.25) is 0 Å². The quantitative estimate of drug-likeness (QED) is 0.758. The molecule has 0 aliphatic carbocycles. The molecular weight excluding hydrogens is 231 g/mol. The van der Waals surface area contributed by atoms with Crippen molar-refractivity contribution in [2.24, 2.45) is 0 Å². The predicted molar refractivity (Wildman–Crippen MR) is 69.2 cm³/mol. The van der Waals surface area contributed by atoms with Crippen LogP contribution in [0.1, 0.15) is 11.1 Å². The molecule has 2 nitrogen and oxygen atoms in total. The van der Waals surface area contributed by atoms with Gasteiger partial charge in [0.15, 0.2) is 0 Å². The molecule has 88 valence electrons. The Bertz CT molecular complexity index is 541. The van der Waals surface area contributed by atoms with Crippen LogP contribution in [0.15, 0.2) is 48.5 Å². The largest absolute Gasteiger partial charge is 0.793 e. The minimum atomic E-state index is -3.72. The molecule has 0 fully saturated rings. The lowest BCUT2D eigenvalue weighted by Crippen LogP contribution is -2.28. The van der Waals surface area contributed by atoms with Crippen LogP contribution in [0.2, 0.25) is 0 Å². The third kappa shape index (κ3) is 2.19. The lowest BCUT2D eigenvalue weighted by atomic mass is 10.2. The normalized spacial score (nSPS) is 11.5. The molecule has 3 heteroatoms. The number of hydrogen-bond acceptors (Lipinski definition) is 2. The van der Waals surface area contributed by atoms with E-state index in [1.807, 2.05) is 38.1 Å². The number of rotatable bonds is 2. The summed E-state index contributed by atoms with van der Waals surface area (Å²) < 4.78 is 12.5. The summed E-state index contributed by atoms with van der Waals surface area (Å²) in [7, 11) is -3.72. The van der Waals surface area contributed by atoms with Crippen LogP contribution < -0.4 is 15.5 Å². The Labute approximate surface area is 101 Å². The summed E-state index contributed by atoms with van der Waals surface area (Å²) in [6.07, 6.45) is 0. The van der Waals surface area contributed by atoms with E-state index in [1.165, 1.54) is 0 Å². The summed E-state index contributed by atoms with van der Waals surface area (Å²) in [4.78, 5) is 12.5. The third-order valence-corrected chi connectivity index (χ3v) is 5.14. The summed E-state index contributed by atoms with van der Waals surface area (Å²) in [6, 6.07) is 14.2. The van der Waals surface area contributed by atoms with Gasteiger partial charge in [-0.3, -0.25) is 0 Å². The van der Waals surface area contributed by atoms with E-state index >= 15 is 0 Å². The molecule has 0 saturated carbocycles. The van der Waals surface area contributed by atoms with Crippen molar-refractivity contribution in [3.8, 4) is 0 Å². The lowest BCUT2D eigenvalue weighted by molar-refractivity contribution is -0.167. The first-order chi connectivity index (χ1) is 8.03. The second kappa shape index (κ2) is 4.48. The molecule has 0 aromatic heterocycles. The molecule has 0 N–H and O–H groups in total. The summed E-state index contributed by atoms with van der Waals surface area (Å²) in [6.45, 7) is 3.64. The van der Waals surface area contributed by atoms with E-state index in [0.29, 0.717) is 10.6 Å². The van der Waals surface area contributed by atoms with E-state index in [2.05, 4.69) is 0 Å². The number of benzene rings is 2. The standard InChI is InChI=1S/C14H15O2P/c1-11-7-3-5-9-13(11)17(15,16)14-10-6-4-8-12(14)2/h3-10H,1-2H3,(H,15,16)/p-1. The van der Waals surface area contributed by atoms with Crippen molar-refractivity contribution in [3.63, 3.8) is 0 Å². The first-order valence-electron chi connectivity index (χ1n) is 5.47. The molecule has 0 atom stereocenters. The van der Waals surface area contributed by atoms with E-state index < -0.39 is 7.37 Å². The summed E-state index contributed by atoms with van der Waals surface area (Å²) in [5.74, 6) is 0. The van der Waals surface area contributed by atoms with Crippen molar-refractivity contribution in [3.05, 3.63) is 59.7 Å². The van der Waals surface area contributed by atoms with Gasteiger partial charge in [0, 0.05) is 10.6 Å². The Balaban J connectivity index is 2.63. The van der Waals surface area contributed by atoms with Gasteiger partial charge in [-0.05, 0) is 25.0 Å². The van der Waals surface area contributed by atoms with E-state index in [9.17, 15) is 9.46 Å². The Morgan fingerprint density at radius 1 is 0.824 bits per heavy atom. The van der Waals surface area contributed by atoms with Gasteiger partial charge in [0.1, 0.15) is 0 Å². The van der Waals surface area contributed by atoms with Crippen LogP contribution in [0.25, 0.3) is 0 Å². The van der Waals surface area contributed by atoms with Crippen LogP contribution in [0, 0.1) is 13.8 Å². The van der Waals surface area contributed by atoms with Crippen LogP contribution in [0.3, 0.4) is 0 Å². The van der Waals surface area contributed by atoms with Crippen molar-refractivity contribution in [1.29, 1.82) is 0 Å². The highest BCUT2D eigenvalue weighted by Gasteiger charge is 2.17. The molecule has 17 heavy (non-hydrogen) atoms. The highest BCUT2D eigenvalue weighted by Crippen LogP contribution is 2.35. The fourth-order valence-corrected chi connectivity index (χ4v) is 3.82. The Kier molecular flexibility index (Phi) is 3.19. The van der Waals surface area contributed by atoms with Crippen molar-refractivity contribution >= 4 is 18.0 Å². The average Bonchev–Trinajstić information content (AvgIpc) is 2.29. The Morgan fingerprint density at radius 3 is 1.53 bits per heavy atom. The molecule has 0 bridgehead atoms. The average molecular weight is 245 g/mol. The molecular formula is C14H14O2P-. The van der Waals surface area contributed by atoms with Crippen molar-refractivity contribution in [2.75, 3.05) is 0 Å². The van der Waals surface area contributed by atoms with Crippen molar-refractivity contribution in [1.82, 2.24) is 0 Å². The van der Waals surface area contributed by atoms with Gasteiger partial charge in [-0.15, -0.1) is 0 Å². The van der Waals surface area contributed by atoms with Gasteiger partial charge in [0.05, 0.1) is 7.37 Å². The van der Waals surface area contributed by atoms with Crippen molar-refractivity contribution < 1.29 is 9.46 Å². The summed E-state index contributed by atoms with van der Waals surface area (Å²) >= 11 is 0. The third-order valence-electron chi connectivity index (χ3n) is 2.87. The fraction of sp³-hybridized carbons (Fsp3) is 0.143. The van der Waals surface area contributed by atoms with E-state index in [-0.39, 0.29) is 0 Å². The highest BCUT2D eigenvalue weighted by atomic mass is 31.2. The van der Waals surface area contributed by atoms with E-state index in [1.54, 1.807) is 24.3 Å². The van der Waals surface area contributed by atoms with Crippen LogP contribution in [-0.2, 0) is 4.57 Å². The van der Waals surface area contributed by atoms with Gasteiger partial charge < -0.3 is 9.46 Å². The number of hydrogen-bond donors (Lipinski definition) is 0. The summed E-state index contributed by atoms with van der Waals surface area (Å²) in [5, 5.41) is 0.823. The molecule has 0 amide bonds. The smallest absolute Gasteiger partial charge is 0.0725 e. The van der Waals surface area contributed by atoms with E-state index in [0.717, 1.165) is 11.1 Å². The lowest BCUT2D eigenvalue weighted by Gasteiger charge is -2.27. The van der Waals surface area contributed by atoms with Gasteiger partial charge in [-0.1, -0.05) is 48.5 Å². The first-order valence-corrected chi connectivity index (χ1v) is 7.09. The Morgan fingerprint density at radius 2 is 1.18 bits per heavy atom. The van der Waals surface area contributed by atoms with Crippen LogP contribution in [-0.4, -0.2) is 0 Å². The van der Waals surface area contributed by atoms with Crippen LogP contribution in [0.5, 0.6) is 0 Å². The minimum Gasteiger partial charge on any atom is -0.793 e. The highest BCUT2D eigenvalue weighted by molar-refractivity contribution is 7.72. The van der Waals surface area contributed by atoms with Gasteiger partial charge in [0.25, 0.3) is 0 Å². The zero-order chi connectivity index (χ0) is 12.5. The van der Waals surface area contributed by atoms with Gasteiger partial charge >= 0.3 is 0 Å². The maximum atomic E-state index is 12.5. The van der Waals surface area contributed by atoms with Gasteiger partial charge in [-0.2, -0.15) is 0 Å². The molecule has 0 radical (unpaired) electrons. The van der Waals surface area contributed by atoms with Gasteiger partial charge in [-0.25, -0.2) is 0 Å². The molecule has 0 spiro atoms.